The highest BCUT2D eigenvalue weighted by molar-refractivity contribution is 7.80. The Balaban J connectivity index is 1.68. The summed E-state index contributed by atoms with van der Waals surface area (Å²) < 4.78 is 47.9. The van der Waals surface area contributed by atoms with E-state index in [1.54, 1.807) is 24.4 Å². The molecule has 2 N–H and O–H groups in total. The minimum absolute atomic E-state index is 0.255. The summed E-state index contributed by atoms with van der Waals surface area (Å²) in [6, 6.07) is 17.5. The van der Waals surface area contributed by atoms with Gasteiger partial charge >= 0.3 is 6.18 Å². The van der Waals surface area contributed by atoms with Crippen molar-refractivity contribution in [2.45, 2.75) is 39.0 Å². The molecule has 1 aliphatic rings. The summed E-state index contributed by atoms with van der Waals surface area (Å²) in [7, 11) is 1.52. The molecule has 7 nitrogen and oxygen atoms in total. The number of rotatable bonds is 6. The number of aryl methyl sites for hydroxylation is 1. The first-order valence-corrected chi connectivity index (χ1v) is 13.2. The zero-order valence-electron chi connectivity index (χ0n) is 22.8. The number of amides is 1. The number of benzene rings is 2. The summed E-state index contributed by atoms with van der Waals surface area (Å²) >= 11 is 5.84. The first-order valence-electron chi connectivity index (χ1n) is 12.8. The Morgan fingerprint density at radius 1 is 1.05 bits per heavy atom. The summed E-state index contributed by atoms with van der Waals surface area (Å²) in [5.74, 6) is 0.234. The second kappa shape index (κ2) is 10.9. The van der Waals surface area contributed by atoms with Crippen LogP contribution in [-0.2, 0) is 11.0 Å². The summed E-state index contributed by atoms with van der Waals surface area (Å²) in [4.78, 5) is 18.4. The van der Waals surface area contributed by atoms with Crippen LogP contribution < -0.4 is 20.3 Å². The topological polar surface area (TPSA) is 71.4 Å². The lowest BCUT2D eigenvalue weighted by molar-refractivity contribution is -0.137. The molecule has 4 aromatic rings. The van der Waals surface area contributed by atoms with Crippen molar-refractivity contribution in [2.75, 3.05) is 17.3 Å². The molecule has 3 heterocycles. The number of alkyl halides is 3. The first-order chi connectivity index (χ1) is 19.5. The number of aromatic nitrogens is 2. The first kappa shape index (κ1) is 28.2. The van der Waals surface area contributed by atoms with Crippen molar-refractivity contribution in [3.05, 3.63) is 101 Å². The molecule has 1 amide bonds. The molecule has 212 valence electrons. The highest BCUT2D eigenvalue weighted by atomic mass is 32.1. The molecule has 11 heteroatoms. The van der Waals surface area contributed by atoms with Crippen LogP contribution in [0.25, 0.3) is 5.69 Å². The fourth-order valence-corrected chi connectivity index (χ4v) is 5.73. The van der Waals surface area contributed by atoms with E-state index in [1.165, 1.54) is 20.1 Å². The van der Waals surface area contributed by atoms with Gasteiger partial charge in [-0.1, -0.05) is 12.1 Å². The van der Waals surface area contributed by atoms with Crippen LogP contribution in [0.2, 0.25) is 0 Å². The standard InChI is InChI=1S/C30H28F3N5O2S/c1-17-14-23(18(2)37(17)21-9-7-8-20(15-21)30(31,32)33)28-27(24-10-5-6-13-34-24)36-29(41)38(28)22-11-12-26(40-4)25(16-22)35-19(3)39/h5-16,27-28H,1-4H3,(H,35,39)(H,36,41)/t27-,28-/m1/s1. The third-order valence-corrected chi connectivity index (χ3v) is 7.41. The summed E-state index contributed by atoms with van der Waals surface area (Å²) in [5.41, 5.74) is 4.01. The van der Waals surface area contributed by atoms with Crippen molar-refractivity contribution < 1.29 is 22.7 Å². The predicted octanol–water partition coefficient (Wildman–Crippen LogP) is 6.65. The molecule has 1 saturated heterocycles. The zero-order valence-corrected chi connectivity index (χ0v) is 23.6. The summed E-state index contributed by atoms with van der Waals surface area (Å²) in [5, 5.41) is 6.64. The van der Waals surface area contributed by atoms with Gasteiger partial charge in [0.2, 0.25) is 5.91 Å². The molecule has 5 rings (SSSR count). The number of methoxy groups -OCH3 is 1. The zero-order chi connectivity index (χ0) is 29.5. The van der Waals surface area contributed by atoms with E-state index in [4.69, 9.17) is 17.0 Å². The van der Waals surface area contributed by atoms with Crippen molar-refractivity contribution in [1.29, 1.82) is 0 Å². The Morgan fingerprint density at radius 2 is 1.83 bits per heavy atom. The molecule has 0 aliphatic carbocycles. The minimum atomic E-state index is -4.46. The number of anilines is 2. The van der Waals surface area contributed by atoms with Crippen LogP contribution in [0.4, 0.5) is 24.5 Å². The van der Waals surface area contributed by atoms with E-state index < -0.39 is 17.8 Å². The molecule has 0 unspecified atom stereocenters. The van der Waals surface area contributed by atoms with Crippen molar-refractivity contribution in [2.24, 2.45) is 0 Å². The van der Waals surface area contributed by atoms with Gasteiger partial charge < -0.3 is 24.8 Å². The Labute approximate surface area is 241 Å². The molecule has 2 atom stereocenters. The number of nitrogens with one attached hydrogen (secondary N) is 2. The molecular weight excluding hydrogens is 551 g/mol. The van der Waals surface area contributed by atoms with E-state index in [2.05, 4.69) is 15.6 Å². The fourth-order valence-electron chi connectivity index (χ4n) is 5.39. The highest BCUT2D eigenvalue weighted by Gasteiger charge is 2.42. The molecule has 0 spiro atoms. The molecule has 1 aliphatic heterocycles. The minimum Gasteiger partial charge on any atom is -0.495 e. The number of hydrogen-bond donors (Lipinski definition) is 2. The molecule has 2 aromatic carbocycles. The molecule has 1 fully saturated rings. The third-order valence-electron chi connectivity index (χ3n) is 7.09. The van der Waals surface area contributed by atoms with Crippen LogP contribution >= 0.6 is 12.2 Å². The van der Waals surface area contributed by atoms with Crippen molar-refractivity contribution in [3.8, 4) is 11.4 Å². The lowest BCUT2D eigenvalue weighted by Crippen LogP contribution is -2.29. The number of carbonyl (C=O) groups excluding carboxylic acids is 1. The van der Waals surface area contributed by atoms with Gasteiger partial charge in [0.25, 0.3) is 0 Å². The van der Waals surface area contributed by atoms with E-state index in [0.717, 1.165) is 34.8 Å². The number of carbonyl (C=O) groups is 1. The van der Waals surface area contributed by atoms with Gasteiger partial charge in [0.05, 0.1) is 36.1 Å². The van der Waals surface area contributed by atoms with E-state index in [-0.39, 0.29) is 11.9 Å². The van der Waals surface area contributed by atoms with Crippen LogP contribution in [0.5, 0.6) is 5.75 Å². The van der Waals surface area contributed by atoms with Gasteiger partial charge in [-0.15, -0.1) is 0 Å². The summed E-state index contributed by atoms with van der Waals surface area (Å²) in [6.07, 6.45) is -2.76. The van der Waals surface area contributed by atoms with E-state index >= 15 is 0 Å². The highest BCUT2D eigenvalue weighted by Crippen LogP contribution is 2.45. The normalized spacial score (nSPS) is 17.0. The SMILES string of the molecule is COc1ccc(N2C(=S)N[C@H](c3ccccn3)[C@H]2c2cc(C)n(-c3cccc(C(F)(F)F)c3)c2C)cc1NC(C)=O. The van der Waals surface area contributed by atoms with Gasteiger partial charge in [0, 0.05) is 35.9 Å². The smallest absolute Gasteiger partial charge is 0.416 e. The molecule has 0 bridgehead atoms. The molecule has 0 saturated carbocycles. The average Bonchev–Trinajstić information content (AvgIpc) is 3.43. The van der Waals surface area contributed by atoms with Gasteiger partial charge in [0.15, 0.2) is 5.11 Å². The number of thiocarbonyl (C=S) groups is 1. The van der Waals surface area contributed by atoms with Gasteiger partial charge in [-0.3, -0.25) is 9.78 Å². The van der Waals surface area contributed by atoms with Crippen molar-refractivity contribution in [1.82, 2.24) is 14.9 Å². The van der Waals surface area contributed by atoms with Crippen LogP contribution in [0, 0.1) is 13.8 Å². The lowest BCUT2D eigenvalue weighted by Gasteiger charge is -2.29. The van der Waals surface area contributed by atoms with E-state index in [1.807, 2.05) is 53.6 Å². The maximum Gasteiger partial charge on any atom is 0.416 e. The summed E-state index contributed by atoms with van der Waals surface area (Å²) in [6.45, 7) is 5.16. The van der Waals surface area contributed by atoms with E-state index in [0.29, 0.717) is 27.9 Å². The average molecular weight is 580 g/mol. The predicted molar refractivity (Wildman–Crippen MR) is 155 cm³/mol. The number of hydrogen-bond acceptors (Lipinski definition) is 4. The monoisotopic (exact) mass is 579 g/mol. The van der Waals surface area contributed by atoms with Crippen LogP contribution in [0.15, 0.2) is 72.9 Å². The molecule has 41 heavy (non-hydrogen) atoms. The Morgan fingerprint density at radius 3 is 2.49 bits per heavy atom. The van der Waals surface area contributed by atoms with Crippen molar-refractivity contribution in [3.63, 3.8) is 0 Å². The quantitative estimate of drug-likeness (QED) is 0.249. The Bertz CT molecular complexity index is 1620. The van der Waals surface area contributed by atoms with Crippen molar-refractivity contribution >= 4 is 34.6 Å². The third kappa shape index (κ3) is 5.37. The second-order valence-electron chi connectivity index (χ2n) is 9.77. The fraction of sp³-hybridized carbons (Fsp3) is 0.233. The van der Waals surface area contributed by atoms with Crippen LogP contribution in [-0.4, -0.2) is 27.7 Å². The Hall–Kier alpha value is -4.38. The number of pyridine rings is 1. The maximum atomic E-state index is 13.5. The number of ether oxygens (including phenoxy) is 1. The van der Waals surface area contributed by atoms with Gasteiger partial charge in [-0.05, 0) is 86.2 Å². The van der Waals surface area contributed by atoms with Gasteiger partial charge in [-0.25, -0.2) is 0 Å². The molecular formula is C30H28F3N5O2S. The maximum absolute atomic E-state index is 13.5. The molecule has 2 aromatic heterocycles. The largest absolute Gasteiger partial charge is 0.495 e. The van der Waals surface area contributed by atoms with Crippen LogP contribution in [0.3, 0.4) is 0 Å². The number of nitrogens with zero attached hydrogens (tertiary/aromatic N) is 3. The molecule has 0 radical (unpaired) electrons. The van der Waals surface area contributed by atoms with E-state index in [9.17, 15) is 18.0 Å². The van der Waals surface area contributed by atoms with Gasteiger partial charge in [-0.2, -0.15) is 13.2 Å². The lowest BCUT2D eigenvalue weighted by atomic mass is 9.96. The Kier molecular flexibility index (Phi) is 7.48. The second-order valence-corrected chi connectivity index (χ2v) is 10.2. The number of halogens is 3. The van der Waals surface area contributed by atoms with Gasteiger partial charge in [0.1, 0.15) is 5.75 Å². The van der Waals surface area contributed by atoms with Crippen LogP contribution in [0.1, 0.15) is 47.2 Å².